The van der Waals surface area contributed by atoms with Gasteiger partial charge >= 0.3 is 51.4 Å². The smallest absolute Gasteiger partial charge is 0.587 e. The fourth-order valence-electron chi connectivity index (χ4n) is 2.60. The summed E-state index contributed by atoms with van der Waals surface area (Å²) in [5.41, 5.74) is 1.85. The number of hydrogen-bond acceptors (Lipinski definition) is 4. The summed E-state index contributed by atoms with van der Waals surface area (Å²) in [6.07, 6.45) is 0. The summed E-state index contributed by atoms with van der Waals surface area (Å²) < 4.78 is 0. The summed E-state index contributed by atoms with van der Waals surface area (Å²) in [5, 5.41) is 5.99. The normalized spacial score (nSPS) is 13.2. The van der Waals surface area contributed by atoms with Crippen molar-refractivity contribution in [2.24, 2.45) is 0 Å². The predicted molar refractivity (Wildman–Crippen MR) is 122 cm³/mol. The maximum absolute atomic E-state index is 11.7. The van der Waals surface area contributed by atoms with Gasteiger partial charge in [0.2, 0.25) is 0 Å². The molecule has 2 aromatic rings. The average Bonchev–Trinajstić information content (AvgIpc) is 3.18. The molecule has 0 aliphatic carbocycles. The van der Waals surface area contributed by atoms with E-state index in [1.807, 2.05) is 0 Å². The zero-order valence-electron chi connectivity index (χ0n) is 16.1. The monoisotopic (exact) mass is 624 g/mol. The number of nitrogens with zero attached hydrogens (tertiary/aromatic N) is 2. The van der Waals surface area contributed by atoms with E-state index in [0.29, 0.717) is 34.1 Å². The molecule has 0 atom stereocenters. The molecule has 152 valence electrons. The molecular weight excluding hydrogens is 611 g/mol. The van der Waals surface area contributed by atoms with Gasteiger partial charge in [0.1, 0.15) is 0 Å². The van der Waals surface area contributed by atoms with Gasteiger partial charge in [-0.25, -0.2) is 0 Å². The van der Waals surface area contributed by atoms with Crippen LogP contribution in [-0.2, 0) is 0 Å². The van der Waals surface area contributed by atoms with E-state index < -0.39 is 11.8 Å². The van der Waals surface area contributed by atoms with Crippen molar-refractivity contribution >= 4 is 71.4 Å². The molecule has 0 saturated carbocycles. The molecule has 0 fully saturated rings. The summed E-state index contributed by atoms with van der Waals surface area (Å²) in [6.45, 7) is 0.423. The largest absolute Gasteiger partial charge is 1.00 e. The first-order chi connectivity index (χ1) is 14.0. The van der Waals surface area contributed by atoms with Crippen molar-refractivity contribution in [1.82, 2.24) is 4.90 Å². The topological polar surface area (TPSA) is 85.6 Å². The number of fused-ring (bicyclic) bond motifs is 2. The molecule has 0 N–H and O–H groups in total. The number of imide groups is 2. The molecule has 0 spiro atoms. The Labute approximate surface area is 242 Å². The second kappa shape index (κ2) is 14.0. The average molecular weight is 627 g/mol. The quantitative estimate of drug-likeness (QED) is 0.296. The van der Waals surface area contributed by atoms with Crippen LogP contribution in [0.15, 0.2) is 48.5 Å². The number of carbonyl (C=O) groups is 4. The Kier molecular flexibility index (Phi) is 13.0. The molecule has 0 aromatic heterocycles. The van der Waals surface area contributed by atoms with Crippen molar-refractivity contribution in [1.29, 1.82) is 0 Å². The molecule has 6 nitrogen and oxygen atoms in total. The van der Waals surface area contributed by atoms with Crippen LogP contribution in [0.4, 0.5) is 0 Å². The van der Waals surface area contributed by atoms with Crippen molar-refractivity contribution < 1.29 is 70.6 Å². The Morgan fingerprint density at radius 3 is 1.33 bits per heavy atom. The van der Waals surface area contributed by atoms with Gasteiger partial charge in [-0.2, -0.15) is 0 Å². The molecule has 2 aromatic carbocycles. The van der Waals surface area contributed by atoms with Gasteiger partial charge < -0.3 is 14.9 Å². The minimum atomic E-state index is -0.425. The van der Waals surface area contributed by atoms with Crippen LogP contribution >= 0.6 is 47.8 Å². The Hall–Kier alpha value is -0.204. The fraction of sp³-hybridized carbons (Fsp3) is 0.200. The van der Waals surface area contributed by atoms with Crippen LogP contribution in [0.5, 0.6) is 0 Å². The standard InChI is InChI=1S/C10H8BrNO2.C8H5NO2.C2H4Br2.K/c11-5-6-12-9(13)7-3-1-2-4-8(7)10(12)14;10-7-5-3-1-2-4-6(5)8(11)9-7;3-1-2-4;/h1-4H,5-6H2;1-4H,(H,9,10,11);1-2H2;/q;;;+1/p-1. The first-order valence-corrected chi connectivity index (χ1v) is 11.8. The van der Waals surface area contributed by atoms with Gasteiger partial charge in [-0.05, 0) is 12.1 Å². The molecule has 2 aliphatic heterocycles. The second-order valence-corrected chi connectivity index (χ2v) is 8.02. The van der Waals surface area contributed by atoms with Crippen molar-refractivity contribution in [3.8, 4) is 0 Å². The first kappa shape index (κ1) is 27.8. The van der Waals surface area contributed by atoms with Crippen molar-refractivity contribution in [2.75, 3.05) is 22.5 Å². The number of hydrogen-bond donors (Lipinski definition) is 0. The van der Waals surface area contributed by atoms with Gasteiger partial charge in [0, 0.05) is 33.7 Å². The van der Waals surface area contributed by atoms with E-state index >= 15 is 0 Å². The number of alkyl halides is 3. The third-order valence-corrected chi connectivity index (χ3v) is 6.06. The summed E-state index contributed by atoms with van der Waals surface area (Å²) >= 11 is 9.62. The molecular formula is C20H16Br3KN2O4. The van der Waals surface area contributed by atoms with Gasteiger partial charge in [-0.15, -0.1) is 0 Å². The maximum Gasteiger partial charge on any atom is 1.00 e. The first-order valence-electron chi connectivity index (χ1n) is 8.48. The number of benzene rings is 2. The summed E-state index contributed by atoms with van der Waals surface area (Å²) in [7, 11) is 0. The Balaban J connectivity index is 0.000000253. The van der Waals surface area contributed by atoms with Crippen LogP contribution in [0, 0.1) is 0 Å². The molecule has 0 saturated heterocycles. The zero-order valence-corrected chi connectivity index (χ0v) is 24.0. The third kappa shape index (κ3) is 6.90. The van der Waals surface area contributed by atoms with E-state index in [1.54, 1.807) is 48.5 Å². The minimum Gasteiger partial charge on any atom is -0.587 e. The van der Waals surface area contributed by atoms with Crippen molar-refractivity contribution in [3.63, 3.8) is 0 Å². The number of carbonyl (C=O) groups excluding carboxylic acids is 4. The fourth-order valence-corrected chi connectivity index (χ4v) is 2.95. The van der Waals surface area contributed by atoms with Crippen LogP contribution in [-0.4, -0.2) is 51.1 Å². The molecule has 0 unspecified atom stereocenters. The third-order valence-electron chi connectivity index (χ3n) is 3.85. The molecule has 2 aliphatic rings. The minimum absolute atomic E-state index is 0. The number of amides is 4. The molecule has 2 heterocycles. The van der Waals surface area contributed by atoms with Crippen LogP contribution in [0.3, 0.4) is 0 Å². The van der Waals surface area contributed by atoms with E-state index in [4.69, 9.17) is 0 Å². The van der Waals surface area contributed by atoms with Crippen LogP contribution in [0.25, 0.3) is 5.32 Å². The van der Waals surface area contributed by atoms with E-state index in [1.165, 1.54) is 4.90 Å². The SMILES string of the molecule is BrCCBr.O=C1[N-]C(=O)c2ccccc21.O=C1c2ccccc2C(=O)N1CCBr.[K+]. The van der Waals surface area contributed by atoms with Crippen molar-refractivity contribution in [2.45, 2.75) is 0 Å². The van der Waals surface area contributed by atoms with Crippen LogP contribution < -0.4 is 51.4 Å². The molecule has 4 rings (SSSR count). The second-order valence-electron chi connectivity index (χ2n) is 5.64. The summed E-state index contributed by atoms with van der Waals surface area (Å²) in [5.74, 6) is -1.23. The number of rotatable bonds is 3. The summed E-state index contributed by atoms with van der Waals surface area (Å²) in [4.78, 5) is 46.4. The predicted octanol–water partition coefficient (Wildman–Crippen LogP) is 1.81. The maximum atomic E-state index is 11.7. The Morgan fingerprint density at radius 1 is 0.633 bits per heavy atom. The van der Waals surface area contributed by atoms with Crippen molar-refractivity contribution in [3.05, 3.63) is 76.1 Å². The van der Waals surface area contributed by atoms with E-state index in [9.17, 15) is 19.2 Å². The molecule has 10 heteroatoms. The zero-order chi connectivity index (χ0) is 21.4. The molecule has 4 amide bonds. The van der Waals surface area contributed by atoms with Gasteiger partial charge in [-0.1, -0.05) is 84.2 Å². The van der Waals surface area contributed by atoms with E-state index in [-0.39, 0.29) is 63.2 Å². The van der Waals surface area contributed by atoms with Crippen LogP contribution in [0.1, 0.15) is 41.4 Å². The summed E-state index contributed by atoms with van der Waals surface area (Å²) in [6, 6.07) is 13.5. The van der Waals surface area contributed by atoms with Crippen LogP contribution in [0.2, 0.25) is 0 Å². The Morgan fingerprint density at radius 2 is 1.00 bits per heavy atom. The van der Waals surface area contributed by atoms with Gasteiger partial charge in [-0.3, -0.25) is 14.5 Å². The van der Waals surface area contributed by atoms with Gasteiger partial charge in [0.15, 0.2) is 0 Å². The molecule has 0 radical (unpaired) electrons. The van der Waals surface area contributed by atoms with E-state index in [0.717, 1.165) is 10.7 Å². The Bertz CT molecular complexity index is 870. The van der Waals surface area contributed by atoms with E-state index in [2.05, 4.69) is 53.1 Å². The molecule has 30 heavy (non-hydrogen) atoms. The molecule has 0 bridgehead atoms. The van der Waals surface area contributed by atoms with Gasteiger partial charge in [0.05, 0.1) is 22.9 Å². The van der Waals surface area contributed by atoms with Gasteiger partial charge in [0.25, 0.3) is 11.8 Å². The number of halogens is 3.